The third-order valence-corrected chi connectivity index (χ3v) is 6.13. The molecule has 0 atom stereocenters. The first-order valence-corrected chi connectivity index (χ1v) is 13.7. The van der Waals surface area contributed by atoms with Crippen LogP contribution in [0.15, 0.2) is 97.1 Å². The maximum absolute atomic E-state index is 12.3. The molecule has 4 rings (SSSR count). The van der Waals surface area contributed by atoms with Crippen LogP contribution in [0.3, 0.4) is 0 Å². The van der Waals surface area contributed by atoms with Gasteiger partial charge in [-0.1, -0.05) is 35.4 Å². The lowest BCUT2D eigenvalue weighted by molar-refractivity contribution is -0.136. The Morgan fingerprint density at radius 2 is 0.791 bits per heavy atom. The molecule has 0 aliphatic rings. The maximum Gasteiger partial charge on any atom is 0.311 e. The lowest BCUT2D eigenvalue weighted by Gasteiger charge is -2.10. The normalized spacial score (nSPS) is 10.4. The quantitative estimate of drug-likeness (QED) is 0.141. The van der Waals surface area contributed by atoms with Crippen molar-refractivity contribution in [1.82, 2.24) is 0 Å². The van der Waals surface area contributed by atoms with E-state index >= 15 is 0 Å². The molecule has 9 heteroatoms. The second kappa shape index (κ2) is 15.0. The Labute approximate surface area is 249 Å². The Bertz CT molecular complexity index is 1430. The largest absolute Gasteiger partial charge is 0.457 e. The number of ether oxygens (including phenoxy) is 3. The first-order valence-electron chi connectivity index (χ1n) is 13.7. The number of hydrogen-bond acceptors (Lipinski definition) is 7. The van der Waals surface area contributed by atoms with E-state index < -0.39 is 11.9 Å². The van der Waals surface area contributed by atoms with Gasteiger partial charge in [-0.3, -0.25) is 19.2 Å². The molecular formula is C34H32N2O7. The molecular weight excluding hydrogens is 548 g/mol. The summed E-state index contributed by atoms with van der Waals surface area (Å²) in [4.78, 5) is 48.5. The number of rotatable bonds is 12. The van der Waals surface area contributed by atoms with Crippen LogP contribution in [0.2, 0.25) is 0 Å². The summed E-state index contributed by atoms with van der Waals surface area (Å²) >= 11 is 0. The van der Waals surface area contributed by atoms with Crippen LogP contribution in [0.5, 0.6) is 23.0 Å². The summed E-state index contributed by atoms with van der Waals surface area (Å²) < 4.78 is 16.3. The van der Waals surface area contributed by atoms with Crippen molar-refractivity contribution in [2.75, 3.05) is 10.6 Å². The first-order chi connectivity index (χ1) is 20.7. The zero-order valence-corrected chi connectivity index (χ0v) is 23.9. The van der Waals surface area contributed by atoms with E-state index in [4.69, 9.17) is 14.2 Å². The molecule has 9 nitrogen and oxygen atoms in total. The van der Waals surface area contributed by atoms with Crippen LogP contribution in [0.4, 0.5) is 11.4 Å². The molecule has 0 aliphatic heterocycles. The third-order valence-electron chi connectivity index (χ3n) is 6.13. The molecule has 2 amide bonds. The van der Waals surface area contributed by atoms with Crippen LogP contribution in [0.1, 0.15) is 36.8 Å². The van der Waals surface area contributed by atoms with Crippen molar-refractivity contribution in [2.24, 2.45) is 0 Å². The van der Waals surface area contributed by atoms with Gasteiger partial charge in [-0.25, -0.2) is 0 Å². The van der Waals surface area contributed by atoms with Crippen LogP contribution in [-0.2, 0) is 19.2 Å². The summed E-state index contributed by atoms with van der Waals surface area (Å²) in [5.74, 6) is 0.399. The number of carbonyl (C=O) groups excluding carboxylic acids is 4. The molecule has 0 unspecified atom stereocenters. The highest BCUT2D eigenvalue weighted by Crippen LogP contribution is 2.25. The molecule has 0 heterocycles. The highest BCUT2D eigenvalue weighted by Gasteiger charge is 2.11. The van der Waals surface area contributed by atoms with Crippen LogP contribution in [0.25, 0.3) is 0 Å². The van der Waals surface area contributed by atoms with E-state index in [-0.39, 0.29) is 37.5 Å². The fraction of sp³-hybridized carbons (Fsp3) is 0.176. The summed E-state index contributed by atoms with van der Waals surface area (Å²) in [6, 6.07) is 27.8. The Morgan fingerprint density at radius 1 is 0.465 bits per heavy atom. The Balaban J connectivity index is 1.16. The van der Waals surface area contributed by atoms with Crippen molar-refractivity contribution in [1.29, 1.82) is 0 Å². The summed E-state index contributed by atoms with van der Waals surface area (Å²) in [6.45, 7) is 3.88. The van der Waals surface area contributed by atoms with Gasteiger partial charge in [0.15, 0.2) is 0 Å². The second-order valence-corrected chi connectivity index (χ2v) is 9.82. The lowest BCUT2D eigenvalue weighted by Crippen LogP contribution is -2.16. The van der Waals surface area contributed by atoms with Gasteiger partial charge in [0.1, 0.15) is 23.0 Å². The van der Waals surface area contributed by atoms with Gasteiger partial charge in [0.05, 0.1) is 12.8 Å². The lowest BCUT2D eigenvalue weighted by atomic mass is 10.2. The van der Waals surface area contributed by atoms with E-state index in [1.807, 2.05) is 38.1 Å². The van der Waals surface area contributed by atoms with Crippen molar-refractivity contribution < 1.29 is 33.4 Å². The van der Waals surface area contributed by atoms with E-state index in [9.17, 15) is 19.2 Å². The minimum Gasteiger partial charge on any atom is -0.457 e. The van der Waals surface area contributed by atoms with Crippen molar-refractivity contribution >= 4 is 35.1 Å². The fourth-order valence-corrected chi connectivity index (χ4v) is 3.80. The number of nitrogens with one attached hydrogen (secondary N) is 2. The van der Waals surface area contributed by atoms with Gasteiger partial charge in [-0.15, -0.1) is 0 Å². The van der Waals surface area contributed by atoms with Crippen molar-refractivity contribution in [3.8, 4) is 23.0 Å². The Hall–Kier alpha value is -5.44. The molecule has 0 spiro atoms. The zero-order chi connectivity index (χ0) is 30.6. The van der Waals surface area contributed by atoms with Crippen LogP contribution in [0, 0.1) is 13.8 Å². The average molecular weight is 581 g/mol. The molecule has 0 bridgehead atoms. The SMILES string of the molecule is Cc1ccc(OC(=O)CCC(=O)Nc2ccc(Oc3ccc(NC(=O)CCC(=O)Oc4ccc(C)cc4)cc3)cc2)cc1. The number of hydrogen-bond donors (Lipinski definition) is 2. The standard InChI is InChI=1S/C34H32N2O7/c1-23-3-11-29(12-4-23)42-33(39)21-19-31(37)35-25-7-15-27(16-8-25)41-28-17-9-26(10-18-28)36-32(38)20-22-34(40)43-30-13-5-24(2)6-14-30/h3-18H,19-22H2,1-2H3,(H,35,37)(H,36,38). The van der Waals surface area contributed by atoms with Crippen LogP contribution >= 0.6 is 0 Å². The monoisotopic (exact) mass is 580 g/mol. The number of amides is 2. The molecule has 4 aromatic rings. The van der Waals surface area contributed by atoms with Crippen molar-refractivity contribution in [3.05, 3.63) is 108 Å². The molecule has 0 aromatic heterocycles. The van der Waals surface area contributed by atoms with E-state index in [1.165, 1.54) is 0 Å². The highest BCUT2D eigenvalue weighted by molar-refractivity contribution is 5.93. The molecule has 0 aliphatic carbocycles. The fourth-order valence-electron chi connectivity index (χ4n) is 3.80. The topological polar surface area (TPSA) is 120 Å². The predicted octanol–water partition coefficient (Wildman–Crippen LogP) is 6.74. The second-order valence-electron chi connectivity index (χ2n) is 9.82. The van der Waals surface area contributed by atoms with Gasteiger partial charge in [-0.05, 0) is 86.6 Å². The molecule has 4 aromatic carbocycles. The Kier molecular flexibility index (Phi) is 10.6. The first kappa shape index (κ1) is 30.5. The molecule has 0 saturated heterocycles. The molecule has 2 N–H and O–H groups in total. The van der Waals surface area contributed by atoms with Crippen molar-refractivity contribution in [3.63, 3.8) is 0 Å². The number of anilines is 2. The van der Waals surface area contributed by atoms with Gasteiger partial charge < -0.3 is 24.8 Å². The van der Waals surface area contributed by atoms with Gasteiger partial charge >= 0.3 is 11.9 Å². The average Bonchev–Trinajstić information content (AvgIpc) is 2.99. The number of aryl methyl sites for hydroxylation is 2. The van der Waals surface area contributed by atoms with Gasteiger partial charge in [0.2, 0.25) is 11.8 Å². The maximum atomic E-state index is 12.3. The minimum atomic E-state index is -0.480. The van der Waals surface area contributed by atoms with E-state index in [0.29, 0.717) is 34.4 Å². The summed E-state index contributed by atoms with van der Waals surface area (Å²) in [5.41, 5.74) is 3.24. The highest BCUT2D eigenvalue weighted by atomic mass is 16.5. The molecule has 0 fully saturated rings. The van der Waals surface area contributed by atoms with E-state index in [0.717, 1.165) is 11.1 Å². The Morgan fingerprint density at radius 3 is 1.14 bits per heavy atom. The zero-order valence-electron chi connectivity index (χ0n) is 23.9. The van der Waals surface area contributed by atoms with Gasteiger partial charge in [0.25, 0.3) is 0 Å². The van der Waals surface area contributed by atoms with Crippen molar-refractivity contribution in [2.45, 2.75) is 39.5 Å². The van der Waals surface area contributed by atoms with Gasteiger partial charge in [-0.2, -0.15) is 0 Å². The molecule has 43 heavy (non-hydrogen) atoms. The summed E-state index contributed by atoms with van der Waals surface area (Å²) in [5, 5.41) is 5.49. The third kappa shape index (κ3) is 10.5. The molecule has 220 valence electrons. The summed E-state index contributed by atoms with van der Waals surface area (Å²) in [7, 11) is 0. The van der Waals surface area contributed by atoms with Gasteiger partial charge in [0, 0.05) is 24.2 Å². The van der Waals surface area contributed by atoms with Crippen LogP contribution < -0.4 is 24.8 Å². The number of esters is 2. The van der Waals surface area contributed by atoms with E-state index in [2.05, 4.69) is 10.6 Å². The minimum absolute atomic E-state index is 0.0106. The molecule has 0 saturated carbocycles. The number of carbonyl (C=O) groups is 4. The predicted molar refractivity (Wildman–Crippen MR) is 162 cm³/mol. The smallest absolute Gasteiger partial charge is 0.311 e. The molecule has 0 radical (unpaired) electrons. The van der Waals surface area contributed by atoms with E-state index in [1.54, 1.807) is 72.8 Å². The van der Waals surface area contributed by atoms with Crippen LogP contribution in [-0.4, -0.2) is 23.8 Å². The number of benzene rings is 4. The summed E-state index contributed by atoms with van der Waals surface area (Å²) in [6.07, 6.45) is -0.109.